The normalized spacial score (nSPS) is 19.8. The van der Waals surface area contributed by atoms with E-state index in [1.807, 2.05) is 44.2 Å². The Balaban J connectivity index is 1.69. The van der Waals surface area contributed by atoms with E-state index >= 15 is 0 Å². The zero-order valence-electron chi connectivity index (χ0n) is 21.2. The first-order valence-electron chi connectivity index (χ1n) is 12.3. The highest BCUT2D eigenvalue weighted by Crippen LogP contribution is 2.34. The number of fused-ring (bicyclic) bond motifs is 1. The number of carbonyl (C=O) groups is 2. The molecule has 10 heteroatoms. The van der Waals surface area contributed by atoms with Crippen LogP contribution in [0.4, 0.5) is 0 Å². The molecule has 202 valence electrons. The van der Waals surface area contributed by atoms with Gasteiger partial charge in [-0.2, -0.15) is 0 Å². The number of halogens is 1. The van der Waals surface area contributed by atoms with E-state index in [9.17, 15) is 19.8 Å². The van der Waals surface area contributed by atoms with Gasteiger partial charge in [0.2, 0.25) is 18.6 Å². The van der Waals surface area contributed by atoms with Gasteiger partial charge in [0.05, 0.1) is 16.2 Å². The van der Waals surface area contributed by atoms with Gasteiger partial charge in [0.1, 0.15) is 18.0 Å². The Hall–Kier alpha value is -3.09. The van der Waals surface area contributed by atoms with Gasteiger partial charge in [0.25, 0.3) is 0 Å². The van der Waals surface area contributed by atoms with Crippen LogP contribution in [-0.4, -0.2) is 65.1 Å². The lowest BCUT2D eigenvalue weighted by Gasteiger charge is -2.40. The van der Waals surface area contributed by atoms with Crippen molar-refractivity contribution in [2.45, 2.75) is 45.1 Å². The molecule has 2 aromatic carbocycles. The van der Waals surface area contributed by atoms with Gasteiger partial charge in [0, 0.05) is 31.2 Å². The second kappa shape index (κ2) is 12.6. The summed E-state index contributed by atoms with van der Waals surface area (Å²) in [6.07, 6.45) is 1.21. The molecule has 3 N–H and O–H groups in total. The van der Waals surface area contributed by atoms with Gasteiger partial charge in [0.15, 0.2) is 11.5 Å². The summed E-state index contributed by atoms with van der Waals surface area (Å²) in [5.41, 5.74) is 1.96. The Morgan fingerprint density at radius 3 is 2.68 bits per heavy atom. The van der Waals surface area contributed by atoms with Crippen molar-refractivity contribution in [2.75, 3.05) is 19.9 Å². The number of para-hydroxylation sites is 1. The monoisotopic (exact) mass is 634 g/mol. The minimum Gasteiger partial charge on any atom is -0.482 e. The van der Waals surface area contributed by atoms with Crippen LogP contribution in [0.1, 0.15) is 25.8 Å². The van der Waals surface area contributed by atoms with E-state index in [1.165, 1.54) is 6.08 Å². The topological polar surface area (TPSA) is 118 Å². The van der Waals surface area contributed by atoms with Crippen LogP contribution in [0.5, 0.6) is 17.2 Å². The summed E-state index contributed by atoms with van der Waals surface area (Å²) in [7, 11) is 0. The van der Waals surface area contributed by atoms with E-state index in [0.717, 1.165) is 14.7 Å². The average Bonchev–Trinajstić information content (AvgIpc) is 3.36. The van der Waals surface area contributed by atoms with E-state index in [2.05, 4.69) is 27.9 Å². The minimum atomic E-state index is -1.12. The van der Waals surface area contributed by atoms with Crippen LogP contribution in [-0.2, 0) is 16.1 Å². The minimum absolute atomic E-state index is 0.0864. The highest BCUT2D eigenvalue weighted by atomic mass is 127. The van der Waals surface area contributed by atoms with Gasteiger partial charge in [-0.3, -0.25) is 9.59 Å². The Labute approximate surface area is 235 Å². The van der Waals surface area contributed by atoms with Crippen molar-refractivity contribution in [3.8, 4) is 17.2 Å². The van der Waals surface area contributed by atoms with Crippen LogP contribution in [0.25, 0.3) is 0 Å². The Bertz CT molecular complexity index is 1240. The Kier molecular flexibility index (Phi) is 9.29. The first kappa shape index (κ1) is 27.9. The zero-order chi connectivity index (χ0) is 27.2. The molecule has 4 rings (SSSR count). The first-order chi connectivity index (χ1) is 18.3. The molecule has 9 nitrogen and oxygen atoms in total. The van der Waals surface area contributed by atoms with Crippen LogP contribution < -0.4 is 19.5 Å². The summed E-state index contributed by atoms with van der Waals surface area (Å²) >= 11 is 2.14. The molecule has 0 spiro atoms. The number of hydrogen-bond donors (Lipinski definition) is 3. The lowest BCUT2D eigenvalue weighted by Crippen LogP contribution is -2.54. The van der Waals surface area contributed by atoms with Crippen LogP contribution >= 0.6 is 22.6 Å². The quantitative estimate of drug-likeness (QED) is 0.287. The standard InChI is InChI=1S/C28H31IN2O7/c1-17(2)11-26(33)31(15-18-7-8-23-24(12-18)37-16-36-23)21-13-19(28(35)30-9-10-32)14-25(27(21)34)38-22-6-4-3-5-20(22)29/h3-8,11-12,14,21,25,27,32,34H,9-10,13,15-16H2,1-2H3,(H,30,35). The van der Waals surface area contributed by atoms with E-state index in [1.54, 1.807) is 23.1 Å². The molecule has 1 heterocycles. The van der Waals surface area contributed by atoms with Crippen molar-refractivity contribution in [2.24, 2.45) is 0 Å². The first-order valence-corrected chi connectivity index (χ1v) is 13.4. The van der Waals surface area contributed by atoms with Crippen LogP contribution in [0.3, 0.4) is 0 Å². The van der Waals surface area contributed by atoms with Gasteiger partial charge in [-0.1, -0.05) is 23.8 Å². The number of aliphatic hydroxyl groups is 2. The van der Waals surface area contributed by atoms with Crippen molar-refractivity contribution in [1.29, 1.82) is 0 Å². The number of carbonyl (C=O) groups excluding carboxylic acids is 2. The molecule has 38 heavy (non-hydrogen) atoms. The molecule has 3 atom stereocenters. The van der Waals surface area contributed by atoms with E-state index < -0.39 is 18.2 Å². The highest BCUT2D eigenvalue weighted by Gasteiger charge is 2.40. The smallest absolute Gasteiger partial charge is 0.247 e. The number of allylic oxidation sites excluding steroid dienone is 1. The third-order valence-electron chi connectivity index (χ3n) is 6.20. The van der Waals surface area contributed by atoms with Gasteiger partial charge in [-0.05, 0) is 72.3 Å². The average molecular weight is 634 g/mol. The van der Waals surface area contributed by atoms with Crippen molar-refractivity contribution in [3.05, 3.63) is 74.9 Å². The number of rotatable bonds is 9. The molecule has 2 aromatic rings. The maximum Gasteiger partial charge on any atom is 0.247 e. The molecule has 0 saturated heterocycles. The lowest BCUT2D eigenvalue weighted by atomic mass is 9.87. The summed E-state index contributed by atoms with van der Waals surface area (Å²) in [6, 6.07) is 12.0. The van der Waals surface area contributed by atoms with Crippen molar-refractivity contribution < 1.29 is 34.0 Å². The van der Waals surface area contributed by atoms with Crippen molar-refractivity contribution in [3.63, 3.8) is 0 Å². The maximum absolute atomic E-state index is 13.5. The summed E-state index contributed by atoms with van der Waals surface area (Å²) < 4.78 is 17.9. The fraction of sp³-hybridized carbons (Fsp3) is 0.357. The molecule has 0 bridgehead atoms. The second-order valence-electron chi connectivity index (χ2n) is 9.32. The fourth-order valence-corrected chi connectivity index (χ4v) is 4.91. The number of nitrogens with one attached hydrogen (secondary N) is 1. The van der Waals surface area contributed by atoms with Gasteiger partial charge in [-0.25, -0.2) is 0 Å². The molecule has 0 fully saturated rings. The molecule has 2 amide bonds. The highest BCUT2D eigenvalue weighted by molar-refractivity contribution is 14.1. The van der Waals surface area contributed by atoms with E-state index in [4.69, 9.17) is 14.2 Å². The Morgan fingerprint density at radius 1 is 1.18 bits per heavy atom. The fourth-order valence-electron chi connectivity index (χ4n) is 4.39. The SMILES string of the molecule is CC(C)=CC(=O)N(Cc1ccc2c(c1)OCO2)C1CC(C(=O)NCCO)=CC(Oc2ccccc2I)C1O. The molecule has 3 unspecified atom stereocenters. The number of aliphatic hydroxyl groups excluding tert-OH is 2. The van der Waals surface area contributed by atoms with Crippen molar-refractivity contribution in [1.82, 2.24) is 10.2 Å². The number of nitrogens with zero attached hydrogens (tertiary/aromatic N) is 1. The van der Waals surface area contributed by atoms with Gasteiger partial charge < -0.3 is 34.6 Å². The molecule has 1 aliphatic carbocycles. The number of hydrogen-bond acceptors (Lipinski definition) is 7. The van der Waals surface area contributed by atoms with Crippen LogP contribution in [0.15, 0.2) is 65.8 Å². The number of benzene rings is 2. The molecule has 0 saturated carbocycles. The van der Waals surface area contributed by atoms with E-state index in [-0.39, 0.29) is 44.7 Å². The Morgan fingerprint density at radius 2 is 1.95 bits per heavy atom. The summed E-state index contributed by atoms with van der Waals surface area (Å²) in [4.78, 5) is 28.0. The predicted molar refractivity (Wildman–Crippen MR) is 149 cm³/mol. The maximum atomic E-state index is 13.5. The summed E-state index contributed by atoms with van der Waals surface area (Å²) in [5.74, 6) is 1.10. The van der Waals surface area contributed by atoms with Crippen LogP contribution in [0, 0.1) is 3.57 Å². The second-order valence-corrected chi connectivity index (χ2v) is 10.5. The zero-order valence-corrected chi connectivity index (χ0v) is 23.4. The lowest BCUT2D eigenvalue weighted by molar-refractivity contribution is -0.134. The number of amides is 2. The van der Waals surface area contributed by atoms with Gasteiger partial charge in [-0.15, -0.1) is 0 Å². The third kappa shape index (κ3) is 6.66. The summed E-state index contributed by atoms with van der Waals surface area (Å²) in [5, 5.41) is 23.4. The molecule has 0 radical (unpaired) electrons. The molecular formula is C28H31IN2O7. The van der Waals surface area contributed by atoms with Crippen molar-refractivity contribution >= 4 is 34.4 Å². The third-order valence-corrected chi connectivity index (χ3v) is 7.09. The van der Waals surface area contributed by atoms with Crippen LogP contribution in [0.2, 0.25) is 0 Å². The molecule has 1 aliphatic heterocycles. The molecular weight excluding hydrogens is 603 g/mol. The number of ether oxygens (including phenoxy) is 3. The van der Waals surface area contributed by atoms with E-state index in [0.29, 0.717) is 22.8 Å². The van der Waals surface area contributed by atoms with Gasteiger partial charge >= 0.3 is 0 Å². The predicted octanol–water partition coefficient (Wildman–Crippen LogP) is 2.93. The summed E-state index contributed by atoms with van der Waals surface area (Å²) in [6.45, 7) is 3.83. The molecule has 0 aromatic heterocycles. The molecule has 2 aliphatic rings. The largest absolute Gasteiger partial charge is 0.482 e.